The molecule has 0 fully saturated rings. The van der Waals surface area contributed by atoms with E-state index in [2.05, 4.69) is 20.8 Å². The molecule has 1 aliphatic carbocycles. The number of aliphatic carboxylic acids is 2. The van der Waals surface area contributed by atoms with Crippen molar-refractivity contribution < 1.29 is 19.8 Å². The molecule has 0 heterocycles. The van der Waals surface area contributed by atoms with Crippen LogP contribution in [0.15, 0.2) is 23.8 Å². The second kappa shape index (κ2) is 10.4. The minimum absolute atomic E-state index is 0.255. The summed E-state index contributed by atoms with van der Waals surface area (Å²) >= 11 is 0. The number of unbranched alkanes of at least 4 members (excludes halogenated alkanes) is 4. The Balaban J connectivity index is 3.07. The van der Waals surface area contributed by atoms with Crippen LogP contribution >= 0.6 is 0 Å². The third kappa shape index (κ3) is 5.45. The van der Waals surface area contributed by atoms with E-state index in [1.165, 1.54) is 0 Å². The quantitative estimate of drug-likeness (QED) is 0.459. The minimum Gasteiger partial charge on any atom is -0.481 e. The molecule has 4 heteroatoms. The Kier molecular flexibility index (Phi) is 8.95. The van der Waals surface area contributed by atoms with E-state index in [0.29, 0.717) is 18.8 Å². The lowest BCUT2D eigenvalue weighted by molar-refractivity contribution is -0.150. The number of allylic oxidation sites excluding steroid dienone is 2. The molecule has 142 valence electrons. The van der Waals surface area contributed by atoms with E-state index in [1.54, 1.807) is 18.2 Å². The topological polar surface area (TPSA) is 74.6 Å². The number of hydrogen-bond acceptors (Lipinski definition) is 2. The Morgan fingerprint density at radius 1 is 1.08 bits per heavy atom. The molecule has 0 saturated heterocycles. The first-order chi connectivity index (χ1) is 11.9. The molecule has 1 rings (SSSR count). The Morgan fingerprint density at radius 2 is 1.72 bits per heavy atom. The van der Waals surface area contributed by atoms with Gasteiger partial charge >= 0.3 is 11.9 Å². The van der Waals surface area contributed by atoms with Crippen molar-refractivity contribution in [3.8, 4) is 0 Å². The van der Waals surface area contributed by atoms with Crippen LogP contribution in [0.25, 0.3) is 0 Å². The SMILES string of the molecule is CCCCCCCC1(C(=O)O)C=CC=C(C(=O)O)C1CC(CC)CC. The molecular formula is C21H34O4. The molecule has 4 nitrogen and oxygen atoms in total. The van der Waals surface area contributed by atoms with Crippen LogP contribution in [0, 0.1) is 17.3 Å². The fourth-order valence-corrected chi connectivity index (χ4v) is 3.95. The molecule has 0 aromatic heterocycles. The second-order valence-corrected chi connectivity index (χ2v) is 7.27. The molecule has 0 bridgehead atoms. The van der Waals surface area contributed by atoms with Gasteiger partial charge in [-0.1, -0.05) is 83.9 Å². The smallest absolute Gasteiger partial charge is 0.331 e. The molecule has 2 N–H and O–H groups in total. The fourth-order valence-electron chi connectivity index (χ4n) is 3.95. The average molecular weight is 350 g/mol. The van der Waals surface area contributed by atoms with Crippen LogP contribution in [0.2, 0.25) is 0 Å². The molecule has 0 aromatic rings. The summed E-state index contributed by atoms with van der Waals surface area (Å²) in [5.41, 5.74) is -0.831. The summed E-state index contributed by atoms with van der Waals surface area (Å²) in [6.07, 6.45) is 13.2. The predicted molar refractivity (Wildman–Crippen MR) is 100 cm³/mol. The van der Waals surface area contributed by atoms with Crippen LogP contribution in [0.4, 0.5) is 0 Å². The van der Waals surface area contributed by atoms with E-state index in [9.17, 15) is 19.8 Å². The van der Waals surface area contributed by atoms with E-state index in [4.69, 9.17) is 0 Å². The number of carbonyl (C=O) groups is 2. The maximum Gasteiger partial charge on any atom is 0.331 e. The van der Waals surface area contributed by atoms with Gasteiger partial charge in [0.2, 0.25) is 0 Å². The largest absolute Gasteiger partial charge is 0.481 e. The lowest BCUT2D eigenvalue weighted by atomic mass is 9.63. The molecular weight excluding hydrogens is 316 g/mol. The summed E-state index contributed by atoms with van der Waals surface area (Å²) in [4.78, 5) is 24.0. The van der Waals surface area contributed by atoms with E-state index >= 15 is 0 Å². The number of rotatable bonds is 12. The molecule has 25 heavy (non-hydrogen) atoms. The van der Waals surface area contributed by atoms with E-state index < -0.39 is 23.3 Å². The van der Waals surface area contributed by atoms with Crippen LogP contribution in [-0.2, 0) is 9.59 Å². The normalized spacial score (nSPS) is 22.9. The highest BCUT2D eigenvalue weighted by molar-refractivity contribution is 5.91. The third-order valence-corrected chi connectivity index (χ3v) is 5.73. The summed E-state index contributed by atoms with van der Waals surface area (Å²) in [6, 6.07) is 0. The maximum atomic E-state index is 12.3. The lowest BCUT2D eigenvalue weighted by Gasteiger charge is -2.39. The van der Waals surface area contributed by atoms with Crippen molar-refractivity contribution in [2.75, 3.05) is 0 Å². The third-order valence-electron chi connectivity index (χ3n) is 5.73. The Hall–Kier alpha value is -1.58. The standard InChI is InChI=1S/C21H34O4/c1-4-7-8-9-10-13-21(20(24)25)14-11-12-17(19(22)23)18(21)15-16(5-2)6-3/h11-12,14,16,18H,4-10,13,15H2,1-3H3,(H,22,23)(H,24,25). The monoisotopic (exact) mass is 350 g/mol. The van der Waals surface area contributed by atoms with Crippen LogP contribution in [0.3, 0.4) is 0 Å². The number of carboxylic acid groups (broad SMARTS) is 2. The molecule has 0 radical (unpaired) electrons. The summed E-state index contributed by atoms with van der Waals surface area (Å²) in [5.74, 6) is -1.99. The molecule has 2 atom stereocenters. The van der Waals surface area contributed by atoms with Crippen LogP contribution in [0.1, 0.15) is 78.6 Å². The lowest BCUT2D eigenvalue weighted by Crippen LogP contribution is -2.42. The average Bonchev–Trinajstić information content (AvgIpc) is 2.59. The summed E-state index contributed by atoms with van der Waals surface area (Å²) in [7, 11) is 0. The highest BCUT2D eigenvalue weighted by Crippen LogP contribution is 2.46. The molecule has 1 aliphatic rings. The fraction of sp³-hybridized carbons (Fsp3) is 0.714. The van der Waals surface area contributed by atoms with Crippen LogP contribution in [0.5, 0.6) is 0 Å². The molecule has 0 aromatic carbocycles. The van der Waals surface area contributed by atoms with Crippen molar-refractivity contribution in [3.05, 3.63) is 23.8 Å². The first-order valence-electron chi connectivity index (χ1n) is 9.78. The second-order valence-electron chi connectivity index (χ2n) is 7.27. The van der Waals surface area contributed by atoms with Gasteiger partial charge in [-0.25, -0.2) is 4.79 Å². The van der Waals surface area contributed by atoms with Crippen LogP contribution < -0.4 is 0 Å². The van der Waals surface area contributed by atoms with Crippen molar-refractivity contribution in [1.82, 2.24) is 0 Å². The van der Waals surface area contributed by atoms with Gasteiger partial charge < -0.3 is 10.2 Å². The summed E-state index contributed by atoms with van der Waals surface area (Å²) < 4.78 is 0. The first kappa shape index (κ1) is 21.5. The van der Waals surface area contributed by atoms with Gasteiger partial charge in [0.15, 0.2) is 0 Å². The Morgan fingerprint density at radius 3 is 2.24 bits per heavy atom. The summed E-state index contributed by atoms with van der Waals surface area (Å²) in [6.45, 7) is 6.33. The zero-order valence-electron chi connectivity index (χ0n) is 16.0. The van der Waals surface area contributed by atoms with Gasteiger partial charge in [-0.2, -0.15) is 0 Å². The minimum atomic E-state index is -1.09. The molecule has 0 spiro atoms. The van der Waals surface area contributed by atoms with Gasteiger partial charge in [0.05, 0.1) is 5.41 Å². The highest BCUT2D eigenvalue weighted by atomic mass is 16.4. The van der Waals surface area contributed by atoms with Gasteiger partial charge in [0, 0.05) is 11.5 Å². The number of hydrogen-bond donors (Lipinski definition) is 2. The van der Waals surface area contributed by atoms with Crippen molar-refractivity contribution in [1.29, 1.82) is 0 Å². The first-order valence-corrected chi connectivity index (χ1v) is 9.78. The van der Waals surface area contributed by atoms with Crippen molar-refractivity contribution in [3.63, 3.8) is 0 Å². The predicted octanol–water partition coefficient (Wildman–Crippen LogP) is 5.44. The number of carboxylic acids is 2. The van der Waals surface area contributed by atoms with Crippen molar-refractivity contribution >= 4 is 11.9 Å². The van der Waals surface area contributed by atoms with E-state index in [1.807, 2.05) is 0 Å². The molecule has 2 unspecified atom stereocenters. The molecule has 0 amide bonds. The van der Waals surface area contributed by atoms with Gasteiger partial charge in [-0.3, -0.25) is 4.79 Å². The Bertz CT molecular complexity index is 502. The van der Waals surface area contributed by atoms with Crippen molar-refractivity contribution in [2.45, 2.75) is 78.6 Å². The Labute approximate surface area is 152 Å². The van der Waals surface area contributed by atoms with Gasteiger partial charge in [0.1, 0.15) is 0 Å². The molecule has 0 aliphatic heterocycles. The van der Waals surface area contributed by atoms with E-state index in [-0.39, 0.29) is 5.57 Å². The van der Waals surface area contributed by atoms with Crippen LogP contribution in [-0.4, -0.2) is 22.2 Å². The molecule has 0 saturated carbocycles. The van der Waals surface area contributed by atoms with Gasteiger partial charge in [0.25, 0.3) is 0 Å². The van der Waals surface area contributed by atoms with Gasteiger partial charge in [-0.05, 0) is 18.8 Å². The highest BCUT2D eigenvalue weighted by Gasteiger charge is 2.48. The van der Waals surface area contributed by atoms with E-state index in [0.717, 1.165) is 44.9 Å². The summed E-state index contributed by atoms with van der Waals surface area (Å²) in [5, 5.41) is 19.7. The van der Waals surface area contributed by atoms with Gasteiger partial charge in [-0.15, -0.1) is 0 Å². The zero-order chi connectivity index (χ0) is 18.9. The zero-order valence-corrected chi connectivity index (χ0v) is 16.0. The van der Waals surface area contributed by atoms with Crippen molar-refractivity contribution in [2.24, 2.45) is 17.3 Å². The maximum absolute atomic E-state index is 12.3.